The van der Waals surface area contributed by atoms with Crippen LogP contribution >= 0.6 is 11.3 Å². The molecule has 0 amide bonds. The number of aromatic nitrogens is 1. The number of hydrogen-bond acceptors (Lipinski definition) is 3. The van der Waals surface area contributed by atoms with Crippen molar-refractivity contribution in [1.29, 1.82) is 0 Å². The minimum absolute atomic E-state index is 0.560. The monoisotopic (exact) mass is 316 g/mol. The van der Waals surface area contributed by atoms with Crippen LogP contribution in [-0.2, 0) is 0 Å². The Hall–Kier alpha value is -1.35. The number of nitrogens with zero attached hydrogens (tertiary/aromatic N) is 1. The lowest BCUT2D eigenvalue weighted by Crippen LogP contribution is -2.15. The highest BCUT2D eigenvalue weighted by Gasteiger charge is 2.17. The van der Waals surface area contributed by atoms with Crippen molar-refractivity contribution in [3.8, 4) is 0 Å². The van der Waals surface area contributed by atoms with Gasteiger partial charge in [0.05, 0.1) is 0 Å². The summed E-state index contributed by atoms with van der Waals surface area (Å²) < 4.78 is 0. The summed E-state index contributed by atoms with van der Waals surface area (Å²) in [6, 6.07) is 4.63. The Morgan fingerprint density at radius 1 is 1.14 bits per heavy atom. The Morgan fingerprint density at radius 3 is 2.36 bits per heavy atom. The molecule has 0 saturated heterocycles. The van der Waals surface area contributed by atoms with Crippen LogP contribution in [0.25, 0.3) is 0 Å². The Balaban J connectivity index is 2.18. The van der Waals surface area contributed by atoms with Gasteiger partial charge in [-0.05, 0) is 50.8 Å². The second-order valence-electron chi connectivity index (χ2n) is 6.31. The van der Waals surface area contributed by atoms with Gasteiger partial charge in [-0.15, -0.1) is 11.3 Å². The fraction of sp³-hybridized carbons (Fsp3) is 0.526. The summed E-state index contributed by atoms with van der Waals surface area (Å²) in [4.78, 5) is 5.69. The van der Waals surface area contributed by atoms with Crippen molar-refractivity contribution in [2.24, 2.45) is 0 Å². The van der Waals surface area contributed by atoms with Crippen molar-refractivity contribution in [1.82, 2.24) is 4.98 Å². The van der Waals surface area contributed by atoms with E-state index in [2.05, 4.69) is 57.1 Å². The summed E-state index contributed by atoms with van der Waals surface area (Å²) in [6.07, 6.45) is 5.70. The van der Waals surface area contributed by atoms with Gasteiger partial charge >= 0.3 is 0 Å². The van der Waals surface area contributed by atoms with Crippen molar-refractivity contribution >= 4 is 16.5 Å². The lowest BCUT2D eigenvalue weighted by atomic mass is 9.86. The Kier molecular flexibility index (Phi) is 6.01. The zero-order chi connectivity index (χ0) is 16.1. The van der Waals surface area contributed by atoms with Gasteiger partial charge < -0.3 is 5.32 Å². The SMILES string of the molecule is CCCCC(CNc1ncc(C)s1)c1c(C)cc(C)cc1C. The number of nitrogens with one attached hydrogen (secondary N) is 1. The number of unbranched alkanes of at least 4 members (excludes halogenated alkanes) is 1. The van der Waals surface area contributed by atoms with Gasteiger partial charge in [-0.25, -0.2) is 4.98 Å². The van der Waals surface area contributed by atoms with E-state index < -0.39 is 0 Å². The van der Waals surface area contributed by atoms with Crippen LogP contribution in [0, 0.1) is 27.7 Å². The van der Waals surface area contributed by atoms with Gasteiger partial charge in [0.25, 0.3) is 0 Å². The molecule has 1 heterocycles. The van der Waals surface area contributed by atoms with Crippen molar-refractivity contribution in [3.05, 3.63) is 45.5 Å². The molecule has 0 aliphatic heterocycles. The Labute approximate surface area is 139 Å². The van der Waals surface area contributed by atoms with Gasteiger partial charge in [-0.2, -0.15) is 0 Å². The van der Waals surface area contributed by atoms with Crippen molar-refractivity contribution in [2.45, 2.75) is 59.8 Å². The predicted octanol–water partition coefficient (Wildman–Crippen LogP) is 5.76. The maximum absolute atomic E-state index is 4.43. The van der Waals surface area contributed by atoms with Gasteiger partial charge in [0, 0.05) is 23.5 Å². The molecule has 1 unspecified atom stereocenters. The third-order valence-electron chi connectivity index (χ3n) is 4.17. The van der Waals surface area contributed by atoms with Crippen LogP contribution in [0.2, 0.25) is 0 Å². The standard InChI is InChI=1S/C19H28N2S/c1-6-7-8-17(12-21-19-20-11-16(5)22-19)18-14(3)9-13(2)10-15(18)4/h9-11,17H,6-8,12H2,1-5H3,(H,20,21). The van der Waals surface area contributed by atoms with E-state index in [0.29, 0.717) is 5.92 Å². The molecule has 2 nitrogen and oxygen atoms in total. The average Bonchev–Trinajstić information content (AvgIpc) is 2.85. The average molecular weight is 317 g/mol. The molecule has 1 N–H and O–H groups in total. The summed E-state index contributed by atoms with van der Waals surface area (Å²) in [6.45, 7) is 12.0. The van der Waals surface area contributed by atoms with E-state index in [4.69, 9.17) is 0 Å². The summed E-state index contributed by atoms with van der Waals surface area (Å²) in [7, 11) is 0. The number of thiazole rings is 1. The molecule has 0 aliphatic rings. The minimum Gasteiger partial charge on any atom is -0.361 e. The molecule has 0 radical (unpaired) electrons. The molecule has 1 aromatic carbocycles. The first-order chi connectivity index (χ1) is 10.5. The molecule has 2 aromatic rings. The minimum atomic E-state index is 0.560. The lowest BCUT2D eigenvalue weighted by molar-refractivity contribution is 0.599. The van der Waals surface area contributed by atoms with E-state index in [9.17, 15) is 0 Å². The molecule has 1 atom stereocenters. The fourth-order valence-electron chi connectivity index (χ4n) is 3.28. The molecule has 0 saturated carbocycles. The number of benzene rings is 1. The van der Waals surface area contributed by atoms with Gasteiger partial charge in [-0.1, -0.05) is 37.5 Å². The van der Waals surface area contributed by atoms with Crippen molar-refractivity contribution < 1.29 is 0 Å². The van der Waals surface area contributed by atoms with E-state index in [0.717, 1.165) is 11.7 Å². The molecule has 22 heavy (non-hydrogen) atoms. The molecule has 120 valence electrons. The first kappa shape index (κ1) is 17.0. The lowest BCUT2D eigenvalue weighted by Gasteiger charge is -2.22. The number of aryl methyl sites for hydroxylation is 4. The van der Waals surface area contributed by atoms with Crippen molar-refractivity contribution in [3.63, 3.8) is 0 Å². The van der Waals surface area contributed by atoms with E-state index in [1.807, 2.05) is 6.20 Å². The smallest absolute Gasteiger partial charge is 0.182 e. The maximum atomic E-state index is 4.43. The Bertz CT molecular complexity index is 593. The quantitative estimate of drug-likeness (QED) is 0.702. The van der Waals surface area contributed by atoms with Gasteiger partial charge in [0.15, 0.2) is 5.13 Å². The number of anilines is 1. The van der Waals surface area contributed by atoms with Crippen LogP contribution in [0.1, 0.15) is 59.2 Å². The second kappa shape index (κ2) is 7.77. The van der Waals surface area contributed by atoms with Crippen LogP contribution in [0.15, 0.2) is 18.3 Å². The van der Waals surface area contributed by atoms with E-state index in [1.165, 1.54) is 46.4 Å². The van der Waals surface area contributed by atoms with E-state index in [1.54, 1.807) is 11.3 Å². The van der Waals surface area contributed by atoms with Crippen molar-refractivity contribution in [2.75, 3.05) is 11.9 Å². The molecule has 0 aliphatic carbocycles. The number of hydrogen-bond donors (Lipinski definition) is 1. The first-order valence-corrected chi connectivity index (χ1v) is 9.07. The largest absolute Gasteiger partial charge is 0.361 e. The molecular weight excluding hydrogens is 288 g/mol. The van der Waals surface area contributed by atoms with Crippen LogP contribution in [0.4, 0.5) is 5.13 Å². The highest BCUT2D eigenvalue weighted by atomic mass is 32.1. The van der Waals surface area contributed by atoms with E-state index in [-0.39, 0.29) is 0 Å². The van der Waals surface area contributed by atoms with E-state index >= 15 is 0 Å². The Morgan fingerprint density at radius 2 is 1.82 bits per heavy atom. The molecule has 2 rings (SSSR count). The zero-order valence-corrected chi connectivity index (χ0v) is 15.3. The molecule has 0 spiro atoms. The predicted molar refractivity (Wildman–Crippen MR) is 98.3 cm³/mol. The van der Waals surface area contributed by atoms with Crippen LogP contribution < -0.4 is 5.32 Å². The molecule has 0 fully saturated rings. The summed E-state index contributed by atoms with van der Waals surface area (Å²) in [5, 5.41) is 4.59. The third-order valence-corrected chi connectivity index (χ3v) is 5.04. The molecular formula is C19H28N2S. The topological polar surface area (TPSA) is 24.9 Å². The van der Waals surface area contributed by atoms with Crippen LogP contribution in [0.3, 0.4) is 0 Å². The number of rotatable bonds is 7. The van der Waals surface area contributed by atoms with Crippen LogP contribution in [0.5, 0.6) is 0 Å². The first-order valence-electron chi connectivity index (χ1n) is 8.25. The van der Waals surface area contributed by atoms with Gasteiger partial charge in [-0.3, -0.25) is 0 Å². The zero-order valence-electron chi connectivity index (χ0n) is 14.5. The molecule has 3 heteroatoms. The normalized spacial score (nSPS) is 12.4. The maximum Gasteiger partial charge on any atom is 0.182 e. The summed E-state index contributed by atoms with van der Waals surface area (Å²) >= 11 is 1.74. The highest BCUT2D eigenvalue weighted by Crippen LogP contribution is 2.30. The molecule has 1 aromatic heterocycles. The highest BCUT2D eigenvalue weighted by molar-refractivity contribution is 7.15. The van der Waals surface area contributed by atoms with Crippen LogP contribution in [-0.4, -0.2) is 11.5 Å². The molecule has 0 bridgehead atoms. The summed E-state index contributed by atoms with van der Waals surface area (Å²) in [5.74, 6) is 0.560. The summed E-state index contributed by atoms with van der Waals surface area (Å²) in [5.41, 5.74) is 5.74. The fourth-order valence-corrected chi connectivity index (χ4v) is 3.95. The van der Waals surface area contributed by atoms with Gasteiger partial charge in [0.1, 0.15) is 0 Å². The second-order valence-corrected chi connectivity index (χ2v) is 7.54. The van der Waals surface area contributed by atoms with Gasteiger partial charge in [0.2, 0.25) is 0 Å². The third kappa shape index (κ3) is 4.33.